The van der Waals surface area contributed by atoms with Crippen molar-refractivity contribution in [2.45, 2.75) is 31.8 Å². The van der Waals surface area contributed by atoms with E-state index in [1.165, 1.54) is 30.7 Å². The third kappa shape index (κ3) is 3.72. The van der Waals surface area contributed by atoms with Crippen LogP contribution in [-0.4, -0.2) is 24.1 Å². The van der Waals surface area contributed by atoms with Crippen LogP contribution in [-0.2, 0) is 6.54 Å². The van der Waals surface area contributed by atoms with E-state index in [9.17, 15) is 0 Å². The molecular formula is C10H16ClN3S. The van der Waals surface area contributed by atoms with E-state index in [0.717, 1.165) is 13.1 Å². The zero-order chi connectivity index (χ0) is 10.5. The van der Waals surface area contributed by atoms with Gasteiger partial charge in [0.25, 0.3) is 0 Å². The molecule has 0 radical (unpaired) electrons. The Kier molecular flexibility index (Phi) is 4.38. The quantitative estimate of drug-likeness (QED) is 0.853. The minimum Gasteiger partial charge on any atom is -0.313 e. The van der Waals surface area contributed by atoms with Gasteiger partial charge in [0, 0.05) is 30.2 Å². The molecule has 1 saturated heterocycles. The van der Waals surface area contributed by atoms with Crippen molar-refractivity contribution in [3.05, 3.63) is 15.5 Å². The van der Waals surface area contributed by atoms with Gasteiger partial charge in [-0.2, -0.15) is 0 Å². The molecule has 1 atom stereocenters. The number of nitrogens with one attached hydrogen (secondary N) is 2. The van der Waals surface area contributed by atoms with Crippen molar-refractivity contribution in [2.75, 3.05) is 13.1 Å². The molecule has 0 aromatic carbocycles. The Bertz CT molecular complexity index is 297. The molecule has 1 aliphatic heterocycles. The molecule has 0 amide bonds. The van der Waals surface area contributed by atoms with Crippen molar-refractivity contribution in [2.24, 2.45) is 0 Å². The SMILES string of the molecule is Clc1ncc(CNC[C@@H]2CCCCN2)s1. The maximum absolute atomic E-state index is 5.76. The van der Waals surface area contributed by atoms with Crippen LogP contribution in [0.25, 0.3) is 0 Å². The lowest BCUT2D eigenvalue weighted by Gasteiger charge is -2.23. The molecule has 0 saturated carbocycles. The van der Waals surface area contributed by atoms with Crippen LogP contribution in [0, 0.1) is 0 Å². The zero-order valence-corrected chi connectivity index (χ0v) is 10.2. The van der Waals surface area contributed by atoms with Gasteiger partial charge in [-0.25, -0.2) is 4.98 Å². The van der Waals surface area contributed by atoms with Crippen molar-refractivity contribution < 1.29 is 0 Å². The molecule has 2 rings (SSSR count). The van der Waals surface area contributed by atoms with Crippen molar-refractivity contribution in [1.82, 2.24) is 15.6 Å². The number of hydrogen-bond donors (Lipinski definition) is 2. The van der Waals surface area contributed by atoms with Gasteiger partial charge in [-0.15, -0.1) is 11.3 Å². The van der Waals surface area contributed by atoms with Gasteiger partial charge in [0.1, 0.15) is 0 Å². The second kappa shape index (κ2) is 5.80. The highest BCUT2D eigenvalue weighted by Gasteiger charge is 2.11. The lowest BCUT2D eigenvalue weighted by Crippen LogP contribution is -2.41. The number of nitrogens with zero attached hydrogens (tertiary/aromatic N) is 1. The molecule has 2 heterocycles. The average Bonchev–Trinajstić information content (AvgIpc) is 2.66. The Labute approximate surface area is 99.2 Å². The second-order valence-electron chi connectivity index (χ2n) is 3.86. The number of halogens is 1. The summed E-state index contributed by atoms with van der Waals surface area (Å²) >= 11 is 7.30. The van der Waals surface area contributed by atoms with Gasteiger partial charge in [-0.3, -0.25) is 0 Å². The van der Waals surface area contributed by atoms with Crippen LogP contribution in [0.4, 0.5) is 0 Å². The molecule has 0 spiro atoms. The van der Waals surface area contributed by atoms with Gasteiger partial charge in [0.15, 0.2) is 4.47 Å². The van der Waals surface area contributed by atoms with E-state index in [4.69, 9.17) is 11.6 Å². The summed E-state index contributed by atoms with van der Waals surface area (Å²) in [6, 6.07) is 0.641. The van der Waals surface area contributed by atoms with Crippen LogP contribution < -0.4 is 10.6 Å². The lowest BCUT2D eigenvalue weighted by atomic mass is 10.1. The van der Waals surface area contributed by atoms with E-state index in [-0.39, 0.29) is 0 Å². The van der Waals surface area contributed by atoms with Gasteiger partial charge in [-0.05, 0) is 19.4 Å². The second-order valence-corrected chi connectivity index (χ2v) is 5.55. The van der Waals surface area contributed by atoms with Crippen LogP contribution in [0.5, 0.6) is 0 Å². The van der Waals surface area contributed by atoms with E-state index in [0.29, 0.717) is 10.5 Å². The largest absolute Gasteiger partial charge is 0.313 e. The molecule has 1 aromatic heterocycles. The summed E-state index contributed by atoms with van der Waals surface area (Å²) in [4.78, 5) is 5.21. The molecule has 1 aromatic rings. The van der Waals surface area contributed by atoms with Gasteiger partial charge in [-0.1, -0.05) is 18.0 Å². The molecule has 2 N–H and O–H groups in total. The first kappa shape index (κ1) is 11.3. The van der Waals surface area contributed by atoms with Crippen LogP contribution in [0.2, 0.25) is 4.47 Å². The van der Waals surface area contributed by atoms with E-state index in [1.807, 2.05) is 6.20 Å². The van der Waals surface area contributed by atoms with Gasteiger partial charge >= 0.3 is 0 Å². The number of hydrogen-bond acceptors (Lipinski definition) is 4. The minimum atomic E-state index is 0.627. The summed E-state index contributed by atoms with van der Waals surface area (Å²) < 4.78 is 0.627. The fourth-order valence-corrected chi connectivity index (χ4v) is 2.78. The molecule has 5 heteroatoms. The van der Waals surface area contributed by atoms with Gasteiger partial charge in [0.2, 0.25) is 0 Å². The highest BCUT2D eigenvalue weighted by Crippen LogP contribution is 2.17. The van der Waals surface area contributed by atoms with Gasteiger partial charge in [0.05, 0.1) is 0 Å². The number of rotatable bonds is 4. The van der Waals surface area contributed by atoms with Crippen molar-refractivity contribution in [1.29, 1.82) is 0 Å². The smallest absolute Gasteiger partial charge is 0.183 e. The topological polar surface area (TPSA) is 37.0 Å². The van der Waals surface area contributed by atoms with E-state index in [2.05, 4.69) is 15.6 Å². The van der Waals surface area contributed by atoms with Crippen molar-refractivity contribution in [3.8, 4) is 0 Å². The molecular weight excluding hydrogens is 230 g/mol. The molecule has 0 aliphatic carbocycles. The summed E-state index contributed by atoms with van der Waals surface area (Å²) in [6.07, 6.45) is 5.80. The Morgan fingerprint density at radius 3 is 3.20 bits per heavy atom. The first-order chi connectivity index (χ1) is 7.34. The molecule has 0 bridgehead atoms. The Morgan fingerprint density at radius 2 is 2.53 bits per heavy atom. The Morgan fingerprint density at radius 1 is 1.60 bits per heavy atom. The third-order valence-electron chi connectivity index (χ3n) is 2.63. The van der Waals surface area contributed by atoms with Crippen LogP contribution in [0.1, 0.15) is 24.1 Å². The monoisotopic (exact) mass is 245 g/mol. The summed E-state index contributed by atoms with van der Waals surface area (Å²) in [5.74, 6) is 0. The number of piperidine rings is 1. The summed E-state index contributed by atoms with van der Waals surface area (Å²) in [6.45, 7) is 3.08. The summed E-state index contributed by atoms with van der Waals surface area (Å²) in [7, 11) is 0. The molecule has 0 unspecified atom stereocenters. The molecule has 1 fully saturated rings. The number of thiazole rings is 1. The third-order valence-corrected chi connectivity index (χ3v) is 3.74. The fraction of sp³-hybridized carbons (Fsp3) is 0.700. The summed E-state index contributed by atoms with van der Waals surface area (Å²) in [5.41, 5.74) is 0. The van der Waals surface area contributed by atoms with Crippen LogP contribution in [0.15, 0.2) is 6.20 Å². The predicted molar refractivity (Wildman–Crippen MR) is 64.5 cm³/mol. The van der Waals surface area contributed by atoms with E-state index in [1.54, 1.807) is 11.3 Å². The Hall–Kier alpha value is -0.160. The first-order valence-electron chi connectivity index (χ1n) is 5.39. The normalized spacial score (nSPS) is 21.8. The molecule has 1 aliphatic rings. The molecule has 3 nitrogen and oxygen atoms in total. The maximum atomic E-state index is 5.76. The standard InChI is InChI=1S/C10H16ClN3S/c11-10-14-7-9(15-10)6-12-5-8-3-1-2-4-13-8/h7-8,12-13H,1-6H2/t8-/m0/s1. The average molecular weight is 246 g/mol. The van der Waals surface area contributed by atoms with E-state index >= 15 is 0 Å². The highest BCUT2D eigenvalue weighted by atomic mass is 35.5. The first-order valence-corrected chi connectivity index (χ1v) is 6.58. The van der Waals surface area contributed by atoms with Crippen molar-refractivity contribution >= 4 is 22.9 Å². The maximum Gasteiger partial charge on any atom is 0.183 e. The highest BCUT2D eigenvalue weighted by molar-refractivity contribution is 7.15. The fourth-order valence-electron chi connectivity index (χ4n) is 1.83. The minimum absolute atomic E-state index is 0.627. The molecule has 15 heavy (non-hydrogen) atoms. The molecule has 84 valence electrons. The van der Waals surface area contributed by atoms with Crippen LogP contribution >= 0.6 is 22.9 Å². The zero-order valence-electron chi connectivity index (χ0n) is 8.63. The lowest BCUT2D eigenvalue weighted by molar-refractivity contribution is 0.383. The Balaban J connectivity index is 1.65. The van der Waals surface area contributed by atoms with E-state index < -0.39 is 0 Å². The predicted octanol–water partition coefficient (Wildman–Crippen LogP) is 2.03. The van der Waals surface area contributed by atoms with Crippen molar-refractivity contribution in [3.63, 3.8) is 0 Å². The van der Waals surface area contributed by atoms with Gasteiger partial charge < -0.3 is 10.6 Å². The number of aromatic nitrogens is 1. The van der Waals surface area contributed by atoms with Crippen LogP contribution in [0.3, 0.4) is 0 Å². The summed E-state index contributed by atoms with van der Waals surface area (Å²) in [5, 5.41) is 6.94.